The van der Waals surface area contributed by atoms with Crippen molar-refractivity contribution in [3.8, 4) is 0 Å². The molecule has 0 aromatic heterocycles. The quantitative estimate of drug-likeness (QED) is 0.253. The first kappa shape index (κ1) is 152. The van der Waals surface area contributed by atoms with Crippen molar-refractivity contribution in [3.05, 3.63) is 0 Å². The average Bonchev–Trinajstić information content (AvgIpc) is 0. The molecular formula is As3Ga5O3. The van der Waals surface area contributed by atoms with Crippen LogP contribution in [-0.2, 0) is 16.4 Å². The monoisotopic (exact) mass is 617 g/mol. The largest absolute Gasteiger partial charge is 3.00 e. The molecule has 0 amide bonds. The molecule has 48 valence electrons. The van der Waals surface area contributed by atoms with Crippen LogP contribution in [0.1, 0.15) is 0 Å². The zero-order chi connectivity index (χ0) is 0. The molecule has 0 radical (unpaired) electrons. The number of rotatable bonds is 0. The van der Waals surface area contributed by atoms with Crippen LogP contribution < -0.4 is 0 Å². The molecule has 0 N–H and O–H groups in total. The molecule has 0 saturated carbocycles. The molecular weight excluding hydrogens is 621 g/mol. The van der Waals surface area contributed by atoms with Gasteiger partial charge in [0.05, 0.1) is 0 Å². The van der Waals surface area contributed by atoms with Gasteiger partial charge in [0.1, 0.15) is 0 Å². The summed E-state index contributed by atoms with van der Waals surface area (Å²) in [6, 6.07) is 0. The Morgan fingerprint density at radius 3 is 0.273 bits per heavy atom. The second-order valence-corrected chi connectivity index (χ2v) is 0. The minimum atomic E-state index is 0. The van der Waals surface area contributed by atoms with E-state index >= 15 is 0 Å². The van der Waals surface area contributed by atoms with E-state index in [1.54, 1.807) is 0 Å². The predicted molar refractivity (Wildman–Crippen MR) is 48.1 cm³/mol. The van der Waals surface area contributed by atoms with Gasteiger partial charge in [-0.1, -0.05) is 0 Å². The van der Waals surface area contributed by atoms with Gasteiger partial charge in [0, 0.05) is 0 Å². The molecule has 11 heavy (non-hydrogen) atoms. The van der Waals surface area contributed by atoms with Crippen LogP contribution in [0.15, 0.2) is 0 Å². The van der Waals surface area contributed by atoms with Crippen LogP contribution in [0.25, 0.3) is 0 Å². The molecule has 0 aliphatic rings. The normalized spacial score (nSPS) is 0. The maximum absolute atomic E-state index is 0. The van der Waals surface area contributed by atoms with E-state index in [-0.39, 0.29) is 169 Å². The number of hydrogen-bond acceptors (Lipinski definition) is 0. The van der Waals surface area contributed by atoms with Gasteiger partial charge in [0.15, 0.2) is 0 Å². The summed E-state index contributed by atoms with van der Waals surface area (Å²) in [6.45, 7) is 0. The van der Waals surface area contributed by atoms with Gasteiger partial charge < -0.3 is 70.3 Å². The summed E-state index contributed by atoms with van der Waals surface area (Å²) in [7, 11) is 0. The molecule has 0 aromatic rings. The molecule has 11 heteroatoms. The van der Waals surface area contributed by atoms with E-state index in [0.717, 1.165) is 0 Å². The molecule has 3 nitrogen and oxygen atoms in total. The van der Waals surface area contributed by atoms with Crippen LogP contribution in [0, 0.1) is 0 Å². The van der Waals surface area contributed by atoms with E-state index in [1.165, 1.54) is 0 Å². The minimum Gasteiger partial charge on any atom is -3.00 e. The fraction of sp³-hybridized carbons (Fsp3) is 0. The first-order valence-electron chi connectivity index (χ1n) is 0. The summed E-state index contributed by atoms with van der Waals surface area (Å²) >= 11 is 0. The van der Waals surface area contributed by atoms with Crippen LogP contribution in [0.5, 0.6) is 0 Å². The standard InChI is InChI=1S/3As.5Ga.3O/q3*-3;5*+3;3*-2. The zero-order valence-corrected chi connectivity index (χ0v) is 23.2. The third kappa shape index (κ3) is 107. The van der Waals surface area contributed by atoms with E-state index in [4.69, 9.17) is 0 Å². The van der Waals surface area contributed by atoms with Gasteiger partial charge in [-0.15, -0.1) is 0 Å². The fourth-order valence-corrected chi connectivity index (χ4v) is 0. The van der Waals surface area contributed by atoms with Gasteiger partial charge in [-0.3, -0.25) is 0 Å². The first-order valence-corrected chi connectivity index (χ1v) is 0. The maximum Gasteiger partial charge on any atom is 3.00 e. The van der Waals surface area contributed by atoms with Crippen molar-refractivity contribution in [2.24, 2.45) is 0 Å². The van der Waals surface area contributed by atoms with Crippen molar-refractivity contribution in [1.82, 2.24) is 0 Å². The Kier molecular flexibility index (Phi) is 1720. The third-order valence-electron chi connectivity index (χ3n) is 0. The molecule has 0 aliphatic carbocycles. The smallest absolute Gasteiger partial charge is 3.00 e. The Hall–Kier alpha value is 4.74. The van der Waals surface area contributed by atoms with E-state index in [2.05, 4.69) is 0 Å². The van der Waals surface area contributed by atoms with Gasteiger partial charge >= 0.3 is 99.0 Å². The molecule has 0 unspecified atom stereocenters. The zero-order valence-electron chi connectivity index (χ0n) is 5.45. The Labute approximate surface area is 166 Å². The van der Waals surface area contributed by atoms with Gasteiger partial charge in [-0.05, 0) is 0 Å². The van der Waals surface area contributed by atoms with Crippen LogP contribution in [0.2, 0.25) is 0 Å². The predicted octanol–water partition coefficient (Wildman–Crippen LogP) is -3.40. The first-order chi connectivity index (χ1) is 0. The van der Waals surface area contributed by atoms with Crippen molar-refractivity contribution < 1.29 is 16.4 Å². The minimum absolute atomic E-state index is 0. The Bertz CT molecular complexity index is 16.9. The summed E-state index contributed by atoms with van der Waals surface area (Å²) in [5.41, 5.74) is 0. The van der Waals surface area contributed by atoms with Crippen LogP contribution in [-0.4, -0.2) is 153 Å². The molecule has 0 atom stereocenters. The van der Waals surface area contributed by atoms with E-state index in [1.807, 2.05) is 0 Å². The van der Waals surface area contributed by atoms with Crippen molar-refractivity contribution >= 4 is 153 Å². The molecule has 0 aromatic carbocycles. The van der Waals surface area contributed by atoms with Crippen molar-refractivity contribution in [2.45, 2.75) is 0 Å². The second kappa shape index (κ2) is 124. The maximum atomic E-state index is 0. The SMILES string of the molecule is [As-3].[As-3].[As-3].[Ga+3].[Ga+3].[Ga+3].[Ga+3].[Ga+3].[O-2].[O-2].[O-2]. The summed E-state index contributed by atoms with van der Waals surface area (Å²) in [4.78, 5) is 0. The van der Waals surface area contributed by atoms with E-state index < -0.39 is 0 Å². The van der Waals surface area contributed by atoms with Crippen molar-refractivity contribution in [3.63, 3.8) is 0 Å². The number of hydrogen-bond donors (Lipinski definition) is 0. The van der Waals surface area contributed by atoms with Gasteiger partial charge in [-0.2, -0.15) is 0 Å². The second-order valence-electron chi connectivity index (χ2n) is 0. The van der Waals surface area contributed by atoms with Gasteiger partial charge in [0.25, 0.3) is 0 Å². The van der Waals surface area contributed by atoms with Crippen LogP contribution in [0.4, 0.5) is 0 Å². The molecule has 0 rings (SSSR count). The Balaban J connectivity index is 0. The average molecular weight is 621 g/mol. The molecule has 0 saturated heterocycles. The van der Waals surface area contributed by atoms with Crippen molar-refractivity contribution in [2.75, 3.05) is 0 Å². The molecule has 0 fully saturated rings. The van der Waals surface area contributed by atoms with E-state index in [9.17, 15) is 0 Å². The summed E-state index contributed by atoms with van der Waals surface area (Å²) in [5.74, 6) is 0. The summed E-state index contributed by atoms with van der Waals surface area (Å²) in [5, 5.41) is 0. The molecule has 0 bridgehead atoms. The van der Waals surface area contributed by atoms with Crippen molar-refractivity contribution in [1.29, 1.82) is 0 Å². The Morgan fingerprint density at radius 1 is 0.273 bits per heavy atom. The van der Waals surface area contributed by atoms with E-state index in [0.29, 0.717) is 0 Å². The third-order valence-corrected chi connectivity index (χ3v) is 0. The van der Waals surface area contributed by atoms with Gasteiger partial charge in [0.2, 0.25) is 0 Å². The Morgan fingerprint density at radius 2 is 0.273 bits per heavy atom. The van der Waals surface area contributed by atoms with Gasteiger partial charge in [-0.25, -0.2) is 0 Å². The van der Waals surface area contributed by atoms with Crippen LogP contribution in [0.3, 0.4) is 0 Å². The topological polar surface area (TPSA) is 85.5 Å². The fourth-order valence-electron chi connectivity index (χ4n) is 0. The molecule has 0 spiro atoms. The molecule has 0 aliphatic heterocycles. The summed E-state index contributed by atoms with van der Waals surface area (Å²) < 4.78 is 0. The molecule has 0 heterocycles. The summed E-state index contributed by atoms with van der Waals surface area (Å²) in [6.07, 6.45) is 0. The van der Waals surface area contributed by atoms with Crippen LogP contribution >= 0.6 is 0 Å².